The van der Waals surface area contributed by atoms with Crippen LogP contribution in [0.1, 0.15) is 82.9 Å². The molecule has 1 saturated carbocycles. The third-order valence-corrected chi connectivity index (χ3v) is 9.76. The van der Waals surface area contributed by atoms with E-state index >= 15 is 0 Å². The van der Waals surface area contributed by atoms with Crippen molar-refractivity contribution in [3.05, 3.63) is 47.5 Å². The molecule has 3 heterocycles. The number of nitrogens with one attached hydrogen (secondary N) is 2. The Hall–Kier alpha value is -4.13. The fraction of sp³-hybridized carbons (Fsp3) is 0.639. The van der Waals surface area contributed by atoms with Crippen LogP contribution >= 0.6 is 0 Å². The molecule has 6 atom stereocenters. The number of aliphatic carboxylic acids is 1. The quantitative estimate of drug-likeness (QED) is 0.395. The van der Waals surface area contributed by atoms with Crippen molar-refractivity contribution < 1.29 is 38.6 Å². The van der Waals surface area contributed by atoms with Crippen LogP contribution in [-0.2, 0) is 30.3 Å². The number of hydrogen-bond donors (Lipinski definition) is 3. The Morgan fingerprint density at radius 3 is 2.59 bits per heavy atom. The lowest BCUT2D eigenvalue weighted by Crippen LogP contribution is -2.56. The van der Waals surface area contributed by atoms with Crippen molar-refractivity contribution in [3.63, 3.8) is 0 Å². The molecule has 13 heteroatoms. The van der Waals surface area contributed by atoms with Crippen LogP contribution < -0.4 is 10.6 Å². The van der Waals surface area contributed by atoms with Gasteiger partial charge in [0.05, 0.1) is 12.6 Å². The van der Waals surface area contributed by atoms with E-state index in [4.69, 9.17) is 9.47 Å². The maximum absolute atomic E-state index is 14.3. The predicted molar refractivity (Wildman–Crippen MR) is 181 cm³/mol. The summed E-state index contributed by atoms with van der Waals surface area (Å²) >= 11 is 0. The number of carboxylic acid groups (broad SMARTS) is 1. The molecule has 0 bridgehead atoms. The summed E-state index contributed by atoms with van der Waals surface area (Å²) in [6, 6.07) is 5.68. The zero-order chi connectivity index (χ0) is 35.5. The largest absolute Gasteiger partial charge is 0.479 e. The van der Waals surface area contributed by atoms with Crippen molar-refractivity contribution in [2.24, 2.45) is 5.92 Å². The number of fused-ring (bicyclic) bond motifs is 3. The zero-order valence-electron chi connectivity index (χ0n) is 29.3. The predicted octanol–water partition coefficient (Wildman–Crippen LogP) is 3.63. The Balaban J connectivity index is 1.40. The first-order chi connectivity index (χ1) is 23.2. The smallest absolute Gasteiger partial charge is 0.410 e. The Kier molecular flexibility index (Phi) is 10.9. The lowest BCUT2D eigenvalue weighted by molar-refractivity contribution is -0.145. The van der Waals surface area contributed by atoms with Crippen LogP contribution in [0.25, 0.3) is 0 Å². The van der Waals surface area contributed by atoms with Crippen molar-refractivity contribution in [1.29, 1.82) is 0 Å². The van der Waals surface area contributed by atoms with Gasteiger partial charge in [-0.3, -0.25) is 14.5 Å². The number of alkyl carbamates (subject to hydrolysis) is 1. The van der Waals surface area contributed by atoms with Gasteiger partial charge < -0.3 is 35.0 Å². The molecule has 3 N–H and O–H groups in total. The molecule has 1 saturated heterocycles. The van der Waals surface area contributed by atoms with E-state index < -0.39 is 59.3 Å². The molecule has 3 aliphatic heterocycles. The maximum atomic E-state index is 14.3. The Morgan fingerprint density at radius 2 is 1.88 bits per heavy atom. The van der Waals surface area contributed by atoms with E-state index in [0.717, 1.165) is 24.8 Å². The number of amides is 4. The molecule has 1 aromatic carbocycles. The van der Waals surface area contributed by atoms with Crippen molar-refractivity contribution >= 4 is 30.0 Å². The van der Waals surface area contributed by atoms with Crippen LogP contribution in [0.4, 0.5) is 9.59 Å². The van der Waals surface area contributed by atoms with Gasteiger partial charge in [-0.05, 0) is 78.1 Å². The average Bonchev–Trinajstić information content (AvgIpc) is 3.56. The normalized spacial score (nSPS) is 29.1. The van der Waals surface area contributed by atoms with Crippen LogP contribution in [0.5, 0.6) is 0 Å². The van der Waals surface area contributed by atoms with Crippen LogP contribution in [-0.4, -0.2) is 113 Å². The van der Waals surface area contributed by atoms with E-state index in [2.05, 4.69) is 16.7 Å². The first kappa shape index (κ1) is 36.2. The van der Waals surface area contributed by atoms with Crippen molar-refractivity contribution in [3.8, 4) is 0 Å². The third kappa shape index (κ3) is 8.55. The number of carbonyl (C=O) groups is 5. The molecule has 0 aromatic heterocycles. The summed E-state index contributed by atoms with van der Waals surface area (Å²) in [5.74, 6) is -2.64. The van der Waals surface area contributed by atoms with Crippen LogP contribution in [0, 0.1) is 5.92 Å². The summed E-state index contributed by atoms with van der Waals surface area (Å²) in [6.07, 6.45) is 5.87. The van der Waals surface area contributed by atoms with Gasteiger partial charge in [0.1, 0.15) is 29.3 Å². The topological polar surface area (TPSA) is 158 Å². The molecule has 1 aliphatic carbocycles. The van der Waals surface area contributed by atoms with Crippen molar-refractivity contribution in [2.45, 2.75) is 108 Å². The highest BCUT2D eigenvalue weighted by Gasteiger charge is 2.61. The van der Waals surface area contributed by atoms with Gasteiger partial charge in [-0.15, -0.1) is 0 Å². The summed E-state index contributed by atoms with van der Waals surface area (Å²) < 4.78 is 11.5. The number of likely N-dealkylation sites (N-methyl/N-ethyl adjacent to an activating group) is 1. The Morgan fingerprint density at radius 1 is 1.12 bits per heavy atom. The third-order valence-electron chi connectivity index (χ3n) is 9.76. The van der Waals surface area contributed by atoms with E-state index in [1.807, 2.05) is 49.3 Å². The van der Waals surface area contributed by atoms with Crippen molar-refractivity contribution in [2.75, 3.05) is 33.7 Å². The van der Waals surface area contributed by atoms with Gasteiger partial charge in [0.2, 0.25) is 11.8 Å². The number of rotatable bonds is 5. The molecule has 5 rings (SSSR count). The zero-order valence-corrected chi connectivity index (χ0v) is 29.3. The molecule has 0 spiro atoms. The summed E-state index contributed by atoms with van der Waals surface area (Å²) in [5.41, 5.74) is -0.0286. The molecule has 4 aliphatic rings. The molecule has 2 fully saturated rings. The van der Waals surface area contributed by atoms with Gasteiger partial charge in [-0.1, -0.05) is 49.3 Å². The van der Waals surface area contributed by atoms with Gasteiger partial charge >= 0.3 is 18.2 Å². The Labute approximate surface area is 288 Å². The monoisotopic (exact) mass is 681 g/mol. The number of hydrogen-bond acceptors (Lipinski definition) is 8. The van der Waals surface area contributed by atoms with Gasteiger partial charge in [0.15, 0.2) is 0 Å². The minimum atomic E-state index is -1.47. The molecule has 49 heavy (non-hydrogen) atoms. The first-order valence-electron chi connectivity index (χ1n) is 17.4. The summed E-state index contributed by atoms with van der Waals surface area (Å²) in [7, 11) is 3.89. The van der Waals surface area contributed by atoms with Gasteiger partial charge in [-0.25, -0.2) is 14.4 Å². The maximum Gasteiger partial charge on any atom is 0.410 e. The lowest BCUT2D eigenvalue weighted by atomic mass is 9.92. The van der Waals surface area contributed by atoms with E-state index in [-0.39, 0.29) is 31.3 Å². The summed E-state index contributed by atoms with van der Waals surface area (Å²) in [4.78, 5) is 72.3. The molecule has 1 unspecified atom stereocenters. The van der Waals surface area contributed by atoms with Gasteiger partial charge in [0, 0.05) is 25.4 Å². The van der Waals surface area contributed by atoms with E-state index in [1.165, 1.54) is 10.5 Å². The van der Waals surface area contributed by atoms with Gasteiger partial charge in [-0.2, -0.15) is 0 Å². The van der Waals surface area contributed by atoms with Gasteiger partial charge in [0.25, 0.3) is 0 Å². The highest BCUT2D eigenvalue weighted by Crippen LogP contribution is 2.45. The summed E-state index contributed by atoms with van der Waals surface area (Å²) in [5, 5.41) is 15.6. The SMILES string of the molecule is CN(C)CC1c2ccccc2CCN1C(=O)O[C@@H]1C[C@H]2C(=O)N[C@]3(C(=O)O)C[C@H]3C=CCCCCC[C@H](NC(=O)OC(C)(C)C)C(=O)N2C1. The molecule has 268 valence electrons. The highest BCUT2D eigenvalue weighted by atomic mass is 16.6. The standard InChI is InChI=1S/C36H51N5O8/c1-35(2,3)49-33(46)37-27-16-10-8-6-7-9-14-24-20-36(24,32(44)45)38-30(42)28-19-25(21-41(28)31(27)43)48-34(47)40-18-17-23-13-11-12-15-26(23)29(40)22-39(4)5/h9,11-15,24-25,27-29H,6-8,10,16-22H2,1-5H3,(H,37,46)(H,38,42)(H,44,45)/t24-,25-,27+,28+,29?,36-/m1/s1. The van der Waals surface area contributed by atoms with E-state index in [9.17, 15) is 29.1 Å². The summed E-state index contributed by atoms with van der Waals surface area (Å²) in [6.45, 7) is 6.13. The van der Waals surface area contributed by atoms with Crippen LogP contribution in [0.2, 0.25) is 0 Å². The number of allylic oxidation sites excluding steroid dienone is 1. The molecular weight excluding hydrogens is 630 g/mol. The molecule has 4 amide bonds. The van der Waals surface area contributed by atoms with Crippen LogP contribution in [0.3, 0.4) is 0 Å². The van der Waals surface area contributed by atoms with E-state index in [1.54, 1.807) is 25.7 Å². The fourth-order valence-corrected chi connectivity index (χ4v) is 7.22. The molecule has 13 nitrogen and oxygen atoms in total. The number of nitrogens with zero attached hydrogens (tertiary/aromatic N) is 3. The second-order valence-corrected chi connectivity index (χ2v) is 15.0. The lowest BCUT2D eigenvalue weighted by Gasteiger charge is -2.38. The minimum absolute atomic E-state index is 0.0125. The number of carbonyl (C=O) groups excluding carboxylic acids is 4. The number of ether oxygens (including phenoxy) is 2. The highest BCUT2D eigenvalue weighted by molar-refractivity contribution is 5.96. The minimum Gasteiger partial charge on any atom is -0.479 e. The molecule has 1 aromatic rings. The molecule has 0 radical (unpaired) electrons. The number of carboxylic acids is 1. The molecular formula is C36H51N5O8. The van der Waals surface area contributed by atoms with E-state index in [0.29, 0.717) is 32.4 Å². The first-order valence-corrected chi connectivity index (χ1v) is 17.4. The number of benzene rings is 1. The Bertz CT molecular complexity index is 1460. The average molecular weight is 682 g/mol. The second kappa shape index (κ2) is 14.8. The fourth-order valence-electron chi connectivity index (χ4n) is 7.22. The second-order valence-electron chi connectivity index (χ2n) is 15.0. The van der Waals surface area contributed by atoms with Crippen molar-refractivity contribution in [1.82, 2.24) is 25.3 Å². The van der Waals surface area contributed by atoms with Crippen LogP contribution in [0.15, 0.2) is 36.4 Å².